The van der Waals surface area contributed by atoms with Gasteiger partial charge in [-0.05, 0) is 48.9 Å². The third kappa shape index (κ3) is 5.59. The van der Waals surface area contributed by atoms with E-state index < -0.39 is 0 Å². The van der Waals surface area contributed by atoms with Crippen molar-refractivity contribution >= 4 is 21.8 Å². The summed E-state index contributed by atoms with van der Waals surface area (Å²) < 4.78 is 1.11. The van der Waals surface area contributed by atoms with Crippen molar-refractivity contribution in [1.29, 1.82) is 0 Å². The van der Waals surface area contributed by atoms with E-state index in [1.807, 2.05) is 0 Å². The molecule has 1 aromatic carbocycles. The van der Waals surface area contributed by atoms with Crippen LogP contribution in [0.5, 0.6) is 0 Å². The highest BCUT2D eigenvalue weighted by molar-refractivity contribution is 9.10. The highest BCUT2D eigenvalue weighted by Crippen LogP contribution is 2.21. The van der Waals surface area contributed by atoms with E-state index in [0.717, 1.165) is 36.9 Å². The van der Waals surface area contributed by atoms with Crippen LogP contribution in [-0.2, 0) is 11.3 Å². The average molecular weight is 395 g/mol. The number of carbonyl (C=O) groups is 1. The van der Waals surface area contributed by atoms with Gasteiger partial charge >= 0.3 is 0 Å². The zero-order chi connectivity index (χ0) is 17.7. The van der Waals surface area contributed by atoms with Crippen molar-refractivity contribution in [2.24, 2.45) is 17.8 Å². The van der Waals surface area contributed by atoms with Crippen LogP contribution in [0.2, 0.25) is 0 Å². The molecule has 1 aliphatic heterocycles. The first kappa shape index (κ1) is 19.5. The number of amides is 1. The van der Waals surface area contributed by atoms with Gasteiger partial charge in [0, 0.05) is 23.6 Å². The van der Waals surface area contributed by atoms with Crippen LogP contribution >= 0.6 is 15.9 Å². The van der Waals surface area contributed by atoms with Gasteiger partial charge < -0.3 is 5.32 Å². The highest BCUT2D eigenvalue weighted by Gasteiger charge is 2.28. The number of nitrogens with one attached hydrogen (secondary N) is 1. The van der Waals surface area contributed by atoms with Crippen molar-refractivity contribution in [2.45, 2.75) is 53.1 Å². The predicted molar refractivity (Wildman–Crippen MR) is 104 cm³/mol. The number of hydrogen-bond donors (Lipinski definition) is 1. The summed E-state index contributed by atoms with van der Waals surface area (Å²) in [6.45, 7) is 11.6. The fourth-order valence-corrected chi connectivity index (χ4v) is 3.91. The minimum atomic E-state index is 0.120. The molecule has 1 N–H and O–H groups in total. The van der Waals surface area contributed by atoms with Crippen LogP contribution in [0, 0.1) is 17.8 Å². The summed E-state index contributed by atoms with van der Waals surface area (Å²) >= 11 is 3.48. The second kappa shape index (κ2) is 9.00. The van der Waals surface area contributed by atoms with Gasteiger partial charge in [-0.1, -0.05) is 55.8 Å². The molecule has 0 aliphatic carbocycles. The van der Waals surface area contributed by atoms with E-state index in [9.17, 15) is 4.79 Å². The maximum absolute atomic E-state index is 12.7. The molecule has 1 amide bonds. The molecule has 1 heterocycles. The zero-order valence-electron chi connectivity index (χ0n) is 15.4. The number of rotatable bonds is 6. The quantitative estimate of drug-likeness (QED) is 0.772. The number of carbonyl (C=O) groups excluding carboxylic acids is 1. The third-order valence-electron chi connectivity index (χ3n) is 4.94. The van der Waals surface area contributed by atoms with Crippen LogP contribution in [0.25, 0.3) is 0 Å². The number of piperidine rings is 1. The van der Waals surface area contributed by atoms with Gasteiger partial charge in [0.2, 0.25) is 5.91 Å². The molecular weight excluding hydrogens is 364 g/mol. The molecule has 3 nitrogen and oxygen atoms in total. The fourth-order valence-electron chi connectivity index (χ4n) is 3.65. The van der Waals surface area contributed by atoms with Gasteiger partial charge in [0.25, 0.3) is 0 Å². The second-order valence-electron chi connectivity index (χ2n) is 7.72. The van der Waals surface area contributed by atoms with Gasteiger partial charge in [0.05, 0.1) is 5.92 Å². The molecule has 0 saturated carbocycles. The van der Waals surface area contributed by atoms with Crippen molar-refractivity contribution in [2.75, 3.05) is 13.1 Å². The summed E-state index contributed by atoms with van der Waals surface area (Å²) in [5.41, 5.74) is 1.31. The number of benzene rings is 1. The minimum Gasteiger partial charge on any atom is -0.353 e. The van der Waals surface area contributed by atoms with Gasteiger partial charge in [-0.25, -0.2) is 0 Å². The summed E-state index contributed by atoms with van der Waals surface area (Å²) in [7, 11) is 0. The lowest BCUT2D eigenvalue weighted by molar-refractivity contribution is -0.128. The van der Waals surface area contributed by atoms with Gasteiger partial charge in [0.1, 0.15) is 0 Å². The van der Waals surface area contributed by atoms with Crippen molar-refractivity contribution < 1.29 is 4.79 Å². The van der Waals surface area contributed by atoms with E-state index in [1.165, 1.54) is 5.56 Å². The van der Waals surface area contributed by atoms with Crippen molar-refractivity contribution in [1.82, 2.24) is 10.2 Å². The van der Waals surface area contributed by atoms with Crippen LogP contribution < -0.4 is 5.32 Å². The largest absolute Gasteiger partial charge is 0.353 e. The molecule has 1 fully saturated rings. The Morgan fingerprint density at radius 1 is 1.21 bits per heavy atom. The fraction of sp³-hybridized carbons (Fsp3) is 0.650. The first-order valence-electron chi connectivity index (χ1n) is 9.14. The molecule has 1 atom stereocenters. The van der Waals surface area contributed by atoms with E-state index >= 15 is 0 Å². The van der Waals surface area contributed by atoms with Gasteiger partial charge in [0.15, 0.2) is 0 Å². The molecule has 0 aromatic heterocycles. The summed E-state index contributed by atoms with van der Waals surface area (Å²) in [5.74, 6) is 1.30. The van der Waals surface area contributed by atoms with Gasteiger partial charge in [-0.3, -0.25) is 9.69 Å². The summed E-state index contributed by atoms with van der Waals surface area (Å²) in [6.07, 6.45) is 2.11. The first-order chi connectivity index (χ1) is 11.4. The first-order valence-corrected chi connectivity index (χ1v) is 9.93. The lowest BCUT2D eigenvalue weighted by Gasteiger charge is -2.34. The third-order valence-corrected chi connectivity index (χ3v) is 5.47. The molecule has 0 radical (unpaired) electrons. The number of nitrogens with zero attached hydrogens (tertiary/aromatic N) is 1. The van der Waals surface area contributed by atoms with Gasteiger partial charge in [-0.2, -0.15) is 0 Å². The molecule has 134 valence electrons. The standard InChI is InChI=1S/C20H31BrN2O/c1-14(2)19(15(3)4)22-20(24)17-6-5-11-23(13-17)12-16-7-9-18(21)10-8-16/h7-10,14-15,17,19H,5-6,11-13H2,1-4H3,(H,22,24). The second-order valence-corrected chi connectivity index (χ2v) is 8.64. The Kier molecular flexibility index (Phi) is 7.30. The molecule has 4 heteroatoms. The van der Waals surface area contributed by atoms with E-state index in [2.05, 4.69) is 78.1 Å². The Labute approximate surface area is 155 Å². The monoisotopic (exact) mass is 394 g/mol. The van der Waals surface area contributed by atoms with Crippen LogP contribution in [0.3, 0.4) is 0 Å². The number of hydrogen-bond acceptors (Lipinski definition) is 2. The Morgan fingerprint density at radius 2 is 1.83 bits per heavy atom. The van der Waals surface area contributed by atoms with E-state index in [4.69, 9.17) is 0 Å². The van der Waals surface area contributed by atoms with E-state index in [-0.39, 0.29) is 17.9 Å². The molecule has 1 unspecified atom stereocenters. The Balaban J connectivity index is 1.92. The van der Waals surface area contributed by atoms with Crippen molar-refractivity contribution in [3.63, 3.8) is 0 Å². The van der Waals surface area contributed by atoms with Crippen LogP contribution in [-0.4, -0.2) is 29.9 Å². The zero-order valence-corrected chi connectivity index (χ0v) is 17.0. The predicted octanol–water partition coefficient (Wildman–Crippen LogP) is 4.46. The van der Waals surface area contributed by atoms with Crippen LogP contribution in [0.15, 0.2) is 28.7 Å². The maximum Gasteiger partial charge on any atom is 0.224 e. The summed E-state index contributed by atoms with van der Waals surface area (Å²) in [4.78, 5) is 15.1. The molecule has 2 rings (SSSR count). The molecular formula is C20H31BrN2O. The lowest BCUT2D eigenvalue weighted by atomic mass is 9.91. The topological polar surface area (TPSA) is 32.3 Å². The molecule has 1 saturated heterocycles. The average Bonchev–Trinajstić information content (AvgIpc) is 2.54. The van der Waals surface area contributed by atoms with Gasteiger partial charge in [-0.15, -0.1) is 0 Å². The van der Waals surface area contributed by atoms with Crippen molar-refractivity contribution in [3.05, 3.63) is 34.3 Å². The Hall–Kier alpha value is -0.870. The molecule has 24 heavy (non-hydrogen) atoms. The summed E-state index contributed by atoms with van der Waals surface area (Å²) in [5, 5.41) is 3.31. The van der Waals surface area contributed by atoms with Crippen LogP contribution in [0.4, 0.5) is 0 Å². The summed E-state index contributed by atoms with van der Waals surface area (Å²) in [6, 6.07) is 8.74. The maximum atomic E-state index is 12.7. The van der Waals surface area contributed by atoms with Crippen LogP contribution in [0.1, 0.15) is 46.1 Å². The number of likely N-dealkylation sites (tertiary alicyclic amines) is 1. The lowest BCUT2D eigenvalue weighted by Crippen LogP contribution is -2.48. The Morgan fingerprint density at radius 3 is 2.42 bits per heavy atom. The molecule has 1 aliphatic rings. The van der Waals surface area contributed by atoms with Crippen molar-refractivity contribution in [3.8, 4) is 0 Å². The minimum absolute atomic E-state index is 0.120. The normalized spacial score (nSPS) is 19.2. The smallest absolute Gasteiger partial charge is 0.224 e. The highest BCUT2D eigenvalue weighted by atomic mass is 79.9. The SMILES string of the molecule is CC(C)C(NC(=O)C1CCCN(Cc2ccc(Br)cc2)C1)C(C)C. The number of halogens is 1. The van der Waals surface area contributed by atoms with E-state index in [1.54, 1.807) is 0 Å². The molecule has 0 bridgehead atoms. The Bertz CT molecular complexity index is 519. The molecule has 0 spiro atoms. The molecule has 1 aromatic rings. The van der Waals surface area contributed by atoms with E-state index in [0.29, 0.717) is 11.8 Å².